The van der Waals surface area contributed by atoms with Crippen molar-refractivity contribution in [1.82, 2.24) is 0 Å². The quantitative estimate of drug-likeness (QED) is 0.287. The molecule has 0 aliphatic rings. The molecule has 1 N–H and O–H groups in total. The van der Waals surface area contributed by atoms with E-state index in [0.717, 1.165) is 15.6 Å². The molecular weight excluding hydrogens is 499 g/mol. The third-order valence-electron chi connectivity index (χ3n) is 4.48. The topological polar surface area (TPSA) is 62.1 Å². The lowest BCUT2D eigenvalue weighted by atomic mass is 10.0. The summed E-state index contributed by atoms with van der Waals surface area (Å²) in [6.07, 6.45) is 2.07. The Bertz CT molecular complexity index is 1200. The Morgan fingerprint density at radius 3 is 2.61 bits per heavy atom. The minimum Gasteiger partial charge on any atom is -0.496 e. The van der Waals surface area contributed by atoms with E-state index in [1.165, 1.54) is 6.08 Å². The standard InChI is InChI=1S/C24H17BrCl2N2O2/c1-31-23-11-15(10-21(25)20(23)12-16-5-2-3-8-22(16)27)9-17(14-28)24(30)29-19-7-4-6-18(26)13-19/h2-11,13H,12H2,1H3,(H,29,30)/b17-9+. The molecule has 3 aromatic carbocycles. The predicted molar refractivity (Wildman–Crippen MR) is 129 cm³/mol. The fourth-order valence-corrected chi connectivity index (χ4v) is 3.97. The van der Waals surface area contributed by atoms with Crippen molar-refractivity contribution in [2.75, 3.05) is 12.4 Å². The van der Waals surface area contributed by atoms with Gasteiger partial charge < -0.3 is 10.1 Å². The maximum absolute atomic E-state index is 12.5. The first-order chi connectivity index (χ1) is 14.9. The minimum absolute atomic E-state index is 0.0483. The third-order valence-corrected chi connectivity index (χ3v) is 5.79. The van der Waals surface area contributed by atoms with Gasteiger partial charge in [-0.1, -0.05) is 63.4 Å². The summed E-state index contributed by atoms with van der Waals surface area (Å²) in [6.45, 7) is 0. The van der Waals surface area contributed by atoms with Crippen LogP contribution in [0.2, 0.25) is 10.0 Å². The van der Waals surface area contributed by atoms with Gasteiger partial charge in [0, 0.05) is 32.2 Å². The van der Waals surface area contributed by atoms with Crippen molar-refractivity contribution in [2.45, 2.75) is 6.42 Å². The summed E-state index contributed by atoms with van der Waals surface area (Å²) in [5, 5.41) is 13.3. The van der Waals surface area contributed by atoms with Crippen molar-refractivity contribution in [3.8, 4) is 11.8 Å². The van der Waals surface area contributed by atoms with Gasteiger partial charge in [0.25, 0.3) is 5.91 Å². The Balaban J connectivity index is 1.90. The van der Waals surface area contributed by atoms with Gasteiger partial charge in [0.2, 0.25) is 0 Å². The number of rotatable bonds is 6. The highest BCUT2D eigenvalue weighted by Crippen LogP contribution is 2.33. The van der Waals surface area contributed by atoms with Crippen molar-refractivity contribution in [3.63, 3.8) is 0 Å². The molecule has 0 bridgehead atoms. The minimum atomic E-state index is -0.528. The monoisotopic (exact) mass is 514 g/mol. The molecule has 0 atom stereocenters. The smallest absolute Gasteiger partial charge is 0.266 e. The van der Waals surface area contributed by atoms with Crippen LogP contribution in [0.3, 0.4) is 0 Å². The highest BCUT2D eigenvalue weighted by Gasteiger charge is 2.14. The number of hydrogen-bond donors (Lipinski definition) is 1. The third kappa shape index (κ3) is 5.89. The maximum Gasteiger partial charge on any atom is 0.266 e. The SMILES string of the molecule is COc1cc(/C=C(\C#N)C(=O)Nc2cccc(Cl)c2)cc(Br)c1Cc1ccccc1Cl. The van der Waals surface area contributed by atoms with E-state index in [9.17, 15) is 10.1 Å². The molecule has 0 aliphatic carbocycles. The highest BCUT2D eigenvalue weighted by molar-refractivity contribution is 9.10. The molecule has 0 saturated carbocycles. The first-order valence-electron chi connectivity index (χ1n) is 9.19. The van der Waals surface area contributed by atoms with E-state index >= 15 is 0 Å². The van der Waals surface area contributed by atoms with Crippen LogP contribution < -0.4 is 10.1 Å². The number of anilines is 1. The summed E-state index contributed by atoms with van der Waals surface area (Å²) < 4.78 is 6.35. The van der Waals surface area contributed by atoms with Crippen LogP contribution in [0.4, 0.5) is 5.69 Å². The van der Waals surface area contributed by atoms with Gasteiger partial charge in [0.1, 0.15) is 17.4 Å². The number of benzene rings is 3. The molecule has 7 heteroatoms. The van der Waals surface area contributed by atoms with Gasteiger partial charge >= 0.3 is 0 Å². The second-order valence-corrected chi connectivity index (χ2v) is 8.28. The number of hydrogen-bond acceptors (Lipinski definition) is 3. The van der Waals surface area contributed by atoms with E-state index in [1.54, 1.807) is 37.4 Å². The Hall–Kier alpha value is -2.78. The second kappa shape index (κ2) is 10.5. The van der Waals surface area contributed by atoms with E-state index in [0.29, 0.717) is 33.5 Å². The van der Waals surface area contributed by atoms with Crippen LogP contribution in [0.15, 0.2) is 70.7 Å². The van der Waals surface area contributed by atoms with Crippen LogP contribution in [0, 0.1) is 11.3 Å². The average molecular weight is 516 g/mol. The van der Waals surface area contributed by atoms with Crippen LogP contribution in [0.5, 0.6) is 5.75 Å². The first kappa shape index (κ1) is 22.9. The second-order valence-electron chi connectivity index (χ2n) is 6.59. The van der Waals surface area contributed by atoms with Gasteiger partial charge in [-0.25, -0.2) is 0 Å². The number of nitrogens with zero attached hydrogens (tertiary/aromatic N) is 1. The normalized spacial score (nSPS) is 11.0. The first-order valence-corrected chi connectivity index (χ1v) is 10.7. The van der Waals surface area contributed by atoms with Crippen LogP contribution in [-0.4, -0.2) is 13.0 Å². The molecule has 0 fully saturated rings. The average Bonchev–Trinajstić information content (AvgIpc) is 2.74. The fraction of sp³-hybridized carbons (Fsp3) is 0.0833. The zero-order valence-corrected chi connectivity index (χ0v) is 19.6. The van der Waals surface area contributed by atoms with Crippen molar-refractivity contribution in [2.24, 2.45) is 0 Å². The van der Waals surface area contributed by atoms with E-state index in [-0.39, 0.29) is 5.57 Å². The fourth-order valence-electron chi connectivity index (χ4n) is 2.98. The van der Waals surface area contributed by atoms with Gasteiger partial charge in [-0.2, -0.15) is 5.26 Å². The summed E-state index contributed by atoms with van der Waals surface area (Å²) in [5.41, 5.74) is 2.98. The van der Waals surface area contributed by atoms with Gasteiger partial charge in [0.05, 0.1) is 7.11 Å². The zero-order valence-electron chi connectivity index (χ0n) is 16.5. The molecule has 3 aromatic rings. The Labute approximate surface area is 199 Å². The number of nitrogens with one attached hydrogen (secondary N) is 1. The molecule has 0 saturated heterocycles. The van der Waals surface area contributed by atoms with E-state index in [4.69, 9.17) is 27.9 Å². The van der Waals surface area contributed by atoms with Crippen molar-refractivity contribution < 1.29 is 9.53 Å². The lowest BCUT2D eigenvalue weighted by Crippen LogP contribution is -2.13. The van der Waals surface area contributed by atoms with Crippen LogP contribution >= 0.6 is 39.1 Å². The Kier molecular flexibility index (Phi) is 7.75. The summed E-state index contributed by atoms with van der Waals surface area (Å²) >= 11 is 15.8. The molecule has 31 heavy (non-hydrogen) atoms. The van der Waals surface area contributed by atoms with Crippen molar-refractivity contribution in [3.05, 3.63) is 97.4 Å². The molecular formula is C24H17BrCl2N2O2. The van der Waals surface area contributed by atoms with Gasteiger partial charge in [0.15, 0.2) is 0 Å². The maximum atomic E-state index is 12.5. The molecule has 0 unspecified atom stereocenters. The predicted octanol–water partition coefficient (Wildman–Crippen LogP) is 6.90. The summed E-state index contributed by atoms with van der Waals surface area (Å²) in [7, 11) is 1.57. The van der Waals surface area contributed by atoms with E-state index < -0.39 is 5.91 Å². The number of nitriles is 1. The number of methoxy groups -OCH3 is 1. The summed E-state index contributed by atoms with van der Waals surface area (Å²) in [5.74, 6) is 0.0908. The molecule has 1 amide bonds. The zero-order chi connectivity index (χ0) is 22.4. The van der Waals surface area contributed by atoms with Gasteiger partial charge in [-0.3, -0.25) is 4.79 Å². The number of carbonyl (C=O) groups is 1. The number of halogens is 3. The molecule has 0 aromatic heterocycles. The van der Waals surface area contributed by atoms with Crippen molar-refractivity contribution >= 4 is 56.8 Å². The summed E-state index contributed by atoms with van der Waals surface area (Å²) in [4.78, 5) is 12.5. The van der Waals surface area contributed by atoms with Crippen LogP contribution in [0.1, 0.15) is 16.7 Å². The summed E-state index contributed by atoms with van der Waals surface area (Å²) in [6, 6.07) is 19.9. The molecule has 0 spiro atoms. The molecule has 156 valence electrons. The van der Waals surface area contributed by atoms with Gasteiger partial charge in [-0.05, 0) is 53.6 Å². The number of ether oxygens (including phenoxy) is 1. The number of amides is 1. The van der Waals surface area contributed by atoms with Crippen LogP contribution in [0.25, 0.3) is 6.08 Å². The highest BCUT2D eigenvalue weighted by atomic mass is 79.9. The van der Waals surface area contributed by atoms with Gasteiger partial charge in [-0.15, -0.1) is 0 Å². The van der Waals surface area contributed by atoms with Crippen LogP contribution in [-0.2, 0) is 11.2 Å². The van der Waals surface area contributed by atoms with E-state index in [1.807, 2.05) is 36.4 Å². The molecule has 3 rings (SSSR count). The lowest BCUT2D eigenvalue weighted by Gasteiger charge is -2.13. The number of carbonyl (C=O) groups excluding carboxylic acids is 1. The molecule has 4 nitrogen and oxygen atoms in total. The van der Waals surface area contributed by atoms with E-state index in [2.05, 4.69) is 21.2 Å². The lowest BCUT2D eigenvalue weighted by molar-refractivity contribution is -0.112. The van der Waals surface area contributed by atoms with Crippen molar-refractivity contribution in [1.29, 1.82) is 5.26 Å². The largest absolute Gasteiger partial charge is 0.496 e. The Morgan fingerprint density at radius 2 is 1.94 bits per heavy atom. The molecule has 0 aliphatic heterocycles. The Morgan fingerprint density at radius 1 is 1.16 bits per heavy atom. The molecule has 0 radical (unpaired) electrons. The molecule has 0 heterocycles.